The van der Waals surface area contributed by atoms with E-state index in [1.165, 1.54) is 12.8 Å². The molecule has 1 saturated heterocycles. The van der Waals surface area contributed by atoms with Crippen molar-refractivity contribution >= 4 is 11.6 Å². The molecule has 84 valence electrons. The maximum absolute atomic E-state index is 5.96. The van der Waals surface area contributed by atoms with Crippen molar-refractivity contribution in [2.45, 2.75) is 45.3 Å². The molecule has 1 aliphatic rings. The molecule has 0 N–H and O–H groups in total. The molecule has 0 spiro atoms. The monoisotopic (exact) mass is 229 g/mol. The number of nitrogens with zero attached hydrogens (tertiary/aromatic N) is 3. The highest BCUT2D eigenvalue weighted by atomic mass is 35.5. The number of ether oxygens (including phenoxy) is 1. The normalized spacial score (nSPS) is 21.1. The molecular weight excluding hydrogens is 214 g/mol. The minimum atomic E-state index is 0.396. The lowest BCUT2D eigenvalue weighted by atomic mass is 10.2. The van der Waals surface area contributed by atoms with E-state index in [9.17, 15) is 0 Å². The summed E-state index contributed by atoms with van der Waals surface area (Å²) >= 11 is 5.96. The molecule has 0 bridgehead atoms. The van der Waals surface area contributed by atoms with Crippen LogP contribution in [0, 0.1) is 0 Å². The van der Waals surface area contributed by atoms with Gasteiger partial charge in [0.05, 0.1) is 6.10 Å². The van der Waals surface area contributed by atoms with Gasteiger partial charge in [0.1, 0.15) is 5.82 Å². The molecular formula is C10H16ClN3O. The van der Waals surface area contributed by atoms with Crippen molar-refractivity contribution in [3.05, 3.63) is 11.1 Å². The molecule has 5 heteroatoms. The van der Waals surface area contributed by atoms with Gasteiger partial charge in [0.15, 0.2) is 0 Å². The summed E-state index contributed by atoms with van der Waals surface area (Å²) < 4.78 is 7.54. The summed E-state index contributed by atoms with van der Waals surface area (Å²) in [4.78, 5) is 0. The molecule has 15 heavy (non-hydrogen) atoms. The Morgan fingerprint density at radius 2 is 2.40 bits per heavy atom. The number of hydrogen-bond acceptors (Lipinski definition) is 3. The Bertz CT molecular complexity index is 320. The maximum Gasteiger partial charge on any atom is 0.225 e. The first kappa shape index (κ1) is 10.9. The first-order valence-electron chi connectivity index (χ1n) is 5.50. The van der Waals surface area contributed by atoms with Crippen LogP contribution in [0.3, 0.4) is 0 Å². The van der Waals surface area contributed by atoms with Crippen LogP contribution in [0.15, 0.2) is 0 Å². The van der Waals surface area contributed by atoms with Gasteiger partial charge in [0.25, 0.3) is 0 Å². The van der Waals surface area contributed by atoms with E-state index < -0.39 is 0 Å². The summed E-state index contributed by atoms with van der Waals surface area (Å²) in [7, 11) is 0. The van der Waals surface area contributed by atoms with E-state index in [2.05, 4.69) is 17.1 Å². The van der Waals surface area contributed by atoms with Gasteiger partial charge in [0.2, 0.25) is 5.28 Å². The van der Waals surface area contributed by atoms with E-state index in [1.54, 1.807) is 0 Å². The molecule has 0 amide bonds. The van der Waals surface area contributed by atoms with Gasteiger partial charge < -0.3 is 9.30 Å². The Labute approximate surface area is 94.6 Å². The second kappa shape index (κ2) is 4.94. The molecule has 1 aliphatic heterocycles. The van der Waals surface area contributed by atoms with Gasteiger partial charge in [-0.2, -0.15) is 0 Å². The quantitative estimate of drug-likeness (QED) is 0.794. The van der Waals surface area contributed by atoms with Gasteiger partial charge in [-0.3, -0.25) is 0 Å². The summed E-state index contributed by atoms with van der Waals surface area (Å²) in [6.07, 6.45) is 4.62. The van der Waals surface area contributed by atoms with Gasteiger partial charge in [-0.15, -0.1) is 10.2 Å². The van der Waals surface area contributed by atoms with Crippen LogP contribution in [0.25, 0.3) is 0 Å². The molecule has 1 aromatic heterocycles. The van der Waals surface area contributed by atoms with Gasteiger partial charge in [-0.05, 0) is 30.9 Å². The van der Waals surface area contributed by atoms with Crippen molar-refractivity contribution < 1.29 is 4.74 Å². The van der Waals surface area contributed by atoms with E-state index in [0.29, 0.717) is 11.4 Å². The standard InChI is InChI=1S/C10H16ClN3O/c1-2-9-12-13-10(11)14(9)6-5-8-4-3-7-15-8/h8H,2-7H2,1H3. The summed E-state index contributed by atoms with van der Waals surface area (Å²) in [6, 6.07) is 0. The van der Waals surface area contributed by atoms with Crippen molar-refractivity contribution in [1.82, 2.24) is 14.8 Å². The topological polar surface area (TPSA) is 39.9 Å². The zero-order valence-corrected chi connectivity index (χ0v) is 9.70. The molecule has 1 aromatic rings. The predicted molar refractivity (Wildman–Crippen MR) is 58.0 cm³/mol. The highest BCUT2D eigenvalue weighted by Gasteiger charge is 2.17. The Kier molecular flexibility index (Phi) is 3.59. The molecule has 0 saturated carbocycles. The van der Waals surface area contributed by atoms with Crippen LogP contribution in [-0.2, 0) is 17.7 Å². The fourth-order valence-corrected chi connectivity index (χ4v) is 2.16. The molecule has 2 heterocycles. The van der Waals surface area contributed by atoms with Crippen LogP contribution >= 0.6 is 11.6 Å². The van der Waals surface area contributed by atoms with Gasteiger partial charge >= 0.3 is 0 Å². The Morgan fingerprint density at radius 1 is 1.53 bits per heavy atom. The lowest BCUT2D eigenvalue weighted by molar-refractivity contribution is 0.100. The fraction of sp³-hybridized carbons (Fsp3) is 0.800. The van der Waals surface area contributed by atoms with Gasteiger partial charge in [-0.25, -0.2) is 0 Å². The highest BCUT2D eigenvalue weighted by molar-refractivity contribution is 6.28. The van der Waals surface area contributed by atoms with Gasteiger partial charge in [-0.1, -0.05) is 6.92 Å². The van der Waals surface area contributed by atoms with E-state index in [4.69, 9.17) is 16.3 Å². The number of rotatable bonds is 4. The molecule has 1 unspecified atom stereocenters. The molecule has 0 aromatic carbocycles. The zero-order chi connectivity index (χ0) is 10.7. The zero-order valence-electron chi connectivity index (χ0n) is 8.95. The van der Waals surface area contributed by atoms with Crippen LogP contribution in [0.1, 0.15) is 32.0 Å². The first-order chi connectivity index (χ1) is 7.31. The van der Waals surface area contributed by atoms with E-state index >= 15 is 0 Å². The van der Waals surface area contributed by atoms with Crippen molar-refractivity contribution in [3.8, 4) is 0 Å². The van der Waals surface area contributed by atoms with Crippen molar-refractivity contribution in [2.75, 3.05) is 6.61 Å². The average molecular weight is 230 g/mol. The third-order valence-electron chi connectivity index (χ3n) is 2.80. The lowest BCUT2D eigenvalue weighted by Crippen LogP contribution is -2.12. The molecule has 2 rings (SSSR count). The van der Waals surface area contributed by atoms with Crippen LogP contribution in [0.2, 0.25) is 5.28 Å². The van der Waals surface area contributed by atoms with Crippen LogP contribution in [0.5, 0.6) is 0 Å². The molecule has 1 fully saturated rings. The minimum absolute atomic E-state index is 0.396. The predicted octanol–water partition coefficient (Wildman–Crippen LogP) is 2.06. The fourth-order valence-electron chi connectivity index (χ4n) is 1.94. The summed E-state index contributed by atoms with van der Waals surface area (Å²) in [6.45, 7) is 3.82. The number of hydrogen-bond donors (Lipinski definition) is 0. The van der Waals surface area contributed by atoms with Crippen molar-refractivity contribution in [3.63, 3.8) is 0 Å². The SMILES string of the molecule is CCc1nnc(Cl)n1CCC1CCCO1. The molecule has 4 nitrogen and oxygen atoms in total. The van der Waals surface area contributed by atoms with Crippen LogP contribution in [-0.4, -0.2) is 27.5 Å². The Morgan fingerprint density at radius 3 is 3.07 bits per heavy atom. The van der Waals surface area contributed by atoms with Gasteiger partial charge in [0, 0.05) is 19.6 Å². The van der Waals surface area contributed by atoms with E-state index in [1.807, 2.05) is 4.57 Å². The third-order valence-corrected chi connectivity index (χ3v) is 3.08. The molecule has 0 radical (unpaired) electrons. The third kappa shape index (κ3) is 2.49. The van der Waals surface area contributed by atoms with E-state index in [0.717, 1.165) is 31.8 Å². The summed E-state index contributed by atoms with van der Waals surface area (Å²) in [5, 5.41) is 8.38. The summed E-state index contributed by atoms with van der Waals surface area (Å²) in [5.41, 5.74) is 0. The first-order valence-corrected chi connectivity index (χ1v) is 5.88. The minimum Gasteiger partial charge on any atom is -0.378 e. The number of aromatic nitrogens is 3. The second-order valence-corrected chi connectivity index (χ2v) is 4.15. The number of aryl methyl sites for hydroxylation is 1. The smallest absolute Gasteiger partial charge is 0.225 e. The Balaban J connectivity index is 1.94. The molecule has 1 atom stereocenters. The lowest BCUT2D eigenvalue weighted by Gasteiger charge is -2.11. The largest absolute Gasteiger partial charge is 0.378 e. The van der Waals surface area contributed by atoms with Crippen molar-refractivity contribution in [2.24, 2.45) is 0 Å². The van der Waals surface area contributed by atoms with Crippen LogP contribution < -0.4 is 0 Å². The van der Waals surface area contributed by atoms with Crippen molar-refractivity contribution in [1.29, 1.82) is 0 Å². The van der Waals surface area contributed by atoms with Crippen LogP contribution in [0.4, 0.5) is 0 Å². The second-order valence-electron chi connectivity index (χ2n) is 3.81. The summed E-state index contributed by atoms with van der Waals surface area (Å²) in [5.74, 6) is 0.956. The van der Waals surface area contributed by atoms with E-state index in [-0.39, 0.29) is 0 Å². The number of halogens is 1. The molecule has 0 aliphatic carbocycles. The highest BCUT2D eigenvalue weighted by Crippen LogP contribution is 2.18. The maximum atomic E-state index is 5.96. The Hall–Kier alpha value is -0.610. The average Bonchev–Trinajstić information content (AvgIpc) is 2.84.